The lowest BCUT2D eigenvalue weighted by molar-refractivity contribution is -0.118. The highest BCUT2D eigenvalue weighted by atomic mass is 16.2. The molecule has 184 valence electrons. The first-order valence-electron chi connectivity index (χ1n) is 12.9. The standard InChI is InChI=1S/C31H33N3O2/c1-2-30(35)34-19-16-28-20-27(12-13-29(28)34)25-8-10-26(11-9-25)31(36)32-21-23-14-17-33(18-15-23)22-24-6-4-3-5-7-24/h3-14,20H,2,15-19,21-22H2,1H3,(H,32,36). The van der Waals surface area contributed by atoms with Crippen molar-refractivity contribution in [1.82, 2.24) is 10.2 Å². The first-order chi connectivity index (χ1) is 17.6. The third kappa shape index (κ3) is 5.42. The number of fused-ring (bicyclic) bond motifs is 1. The van der Waals surface area contributed by atoms with Crippen LogP contribution >= 0.6 is 0 Å². The van der Waals surface area contributed by atoms with Gasteiger partial charge in [-0.15, -0.1) is 0 Å². The second kappa shape index (κ2) is 10.9. The lowest BCUT2D eigenvalue weighted by Gasteiger charge is -2.26. The molecule has 0 saturated carbocycles. The molecule has 5 heteroatoms. The summed E-state index contributed by atoms with van der Waals surface area (Å²) in [5, 5.41) is 3.08. The summed E-state index contributed by atoms with van der Waals surface area (Å²) in [5.41, 5.74) is 7.71. The third-order valence-corrected chi connectivity index (χ3v) is 7.17. The number of rotatable bonds is 7. The smallest absolute Gasteiger partial charge is 0.251 e. The fraction of sp³-hybridized carbons (Fsp3) is 0.290. The second-order valence-electron chi connectivity index (χ2n) is 9.59. The van der Waals surface area contributed by atoms with Gasteiger partial charge in [-0.1, -0.05) is 67.1 Å². The SMILES string of the molecule is CCC(=O)N1CCc2cc(-c3ccc(C(=O)NCC4=CCN(Cc5ccccc5)CC4)cc3)ccc21. The molecule has 2 aliphatic heterocycles. The highest BCUT2D eigenvalue weighted by Crippen LogP contribution is 2.32. The Labute approximate surface area is 213 Å². The Morgan fingerprint density at radius 2 is 1.67 bits per heavy atom. The first-order valence-corrected chi connectivity index (χ1v) is 12.9. The maximum atomic E-state index is 12.7. The van der Waals surface area contributed by atoms with Crippen LogP contribution in [-0.2, 0) is 17.8 Å². The Morgan fingerprint density at radius 1 is 0.889 bits per heavy atom. The van der Waals surface area contributed by atoms with Gasteiger partial charge in [-0.25, -0.2) is 0 Å². The maximum absolute atomic E-state index is 12.7. The highest BCUT2D eigenvalue weighted by molar-refractivity contribution is 5.96. The molecule has 0 fully saturated rings. The molecule has 3 aromatic rings. The zero-order valence-corrected chi connectivity index (χ0v) is 20.9. The molecule has 0 unspecified atom stereocenters. The molecule has 0 radical (unpaired) electrons. The Hall–Kier alpha value is -3.70. The number of nitrogens with one attached hydrogen (secondary N) is 1. The number of anilines is 1. The number of hydrogen-bond acceptors (Lipinski definition) is 3. The third-order valence-electron chi connectivity index (χ3n) is 7.17. The largest absolute Gasteiger partial charge is 0.348 e. The van der Waals surface area contributed by atoms with Crippen molar-refractivity contribution in [3.8, 4) is 11.1 Å². The van der Waals surface area contributed by atoms with Crippen molar-refractivity contribution in [3.05, 3.63) is 101 Å². The molecule has 0 atom stereocenters. The summed E-state index contributed by atoms with van der Waals surface area (Å²) in [6.45, 7) is 6.14. The number of nitrogens with zero attached hydrogens (tertiary/aromatic N) is 2. The van der Waals surface area contributed by atoms with Gasteiger partial charge in [0.25, 0.3) is 5.91 Å². The molecule has 2 amide bonds. The molecule has 0 spiro atoms. The van der Waals surface area contributed by atoms with Crippen LogP contribution in [0.2, 0.25) is 0 Å². The highest BCUT2D eigenvalue weighted by Gasteiger charge is 2.23. The van der Waals surface area contributed by atoms with Crippen LogP contribution in [0.3, 0.4) is 0 Å². The van der Waals surface area contributed by atoms with Crippen LogP contribution in [0.15, 0.2) is 84.4 Å². The van der Waals surface area contributed by atoms with Gasteiger partial charge < -0.3 is 10.2 Å². The van der Waals surface area contributed by atoms with Crippen LogP contribution in [0.25, 0.3) is 11.1 Å². The van der Waals surface area contributed by atoms with E-state index in [1.54, 1.807) is 0 Å². The number of hydrogen-bond donors (Lipinski definition) is 1. The fourth-order valence-corrected chi connectivity index (χ4v) is 5.04. The topological polar surface area (TPSA) is 52.7 Å². The minimum atomic E-state index is -0.0446. The summed E-state index contributed by atoms with van der Waals surface area (Å²) in [5.74, 6) is 0.127. The zero-order chi connectivity index (χ0) is 24.9. The van der Waals surface area contributed by atoms with E-state index in [2.05, 4.69) is 52.7 Å². The Morgan fingerprint density at radius 3 is 2.39 bits per heavy atom. The van der Waals surface area contributed by atoms with Crippen molar-refractivity contribution in [2.45, 2.75) is 32.7 Å². The van der Waals surface area contributed by atoms with Crippen molar-refractivity contribution in [1.29, 1.82) is 0 Å². The minimum Gasteiger partial charge on any atom is -0.348 e. The molecule has 2 aliphatic rings. The van der Waals surface area contributed by atoms with E-state index in [-0.39, 0.29) is 11.8 Å². The summed E-state index contributed by atoms with van der Waals surface area (Å²) in [6, 6.07) is 24.6. The maximum Gasteiger partial charge on any atom is 0.251 e. The van der Waals surface area contributed by atoms with Gasteiger partial charge in [0.2, 0.25) is 5.91 Å². The van der Waals surface area contributed by atoms with Gasteiger partial charge >= 0.3 is 0 Å². The zero-order valence-electron chi connectivity index (χ0n) is 20.9. The molecular weight excluding hydrogens is 446 g/mol. The first kappa shape index (κ1) is 24.0. The van der Waals surface area contributed by atoms with Gasteiger partial charge in [0, 0.05) is 50.4 Å². The number of amides is 2. The predicted molar refractivity (Wildman–Crippen MR) is 145 cm³/mol. The summed E-state index contributed by atoms with van der Waals surface area (Å²) >= 11 is 0. The summed E-state index contributed by atoms with van der Waals surface area (Å²) < 4.78 is 0. The second-order valence-corrected chi connectivity index (χ2v) is 9.59. The molecule has 36 heavy (non-hydrogen) atoms. The quantitative estimate of drug-likeness (QED) is 0.473. The van der Waals surface area contributed by atoms with Crippen molar-refractivity contribution in [2.24, 2.45) is 0 Å². The normalized spacial score (nSPS) is 15.4. The Balaban J connectivity index is 1.15. The van der Waals surface area contributed by atoms with Crippen molar-refractivity contribution in [3.63, 3.8) is 0 Å². The van der Waals surface area contributed by atoms with Crippen LogP contribution in [0.5, 0.6) is 0 Å². The van der Waals surface area contributed by atoms with Crippen LogP contribution in [0.4, 0.5) is 5.69 Å². The van der Waals surface area contributed by atoms with Crippen LogP contribution in [-0.4, -0.2) is 42.9 Å². The molecule has 2 heterocycles. The summed E-state index contributed by atoms with van der Waals surface area (Å²) in [7, 11) is 0. The van der Waals surface area contributed by atoms with Crippen LogP contribution < -0.4 is 10.2 Å². The van der Waals surface area contributed by atoms with E-state index >= 15 is 0 Å². The Bertz CT molecular complexity index is 1260. The van der Waals surface area contributed by atoms with Gasteiger partial charge in [-0.2, -0.15) is 0 Å². The number of carbonyl (C=O) groups is 2. The van der Waals surface area contributed by atoms with Crippen molar-refractivity contribution in [2.75, 3.05) is 31.1 Å². The van der Waals surface area contributed by atoms with E-state index in [4.69, 9.17) is 0 Å². The van der Waals surface area contributed by atoms with Gasteiger partial charge in [0.1, 0.15) is 0 Å². The average molecular weight is 480 g/mol. The molecule has 5 nitrogen and oxygen atoms in total. The van der Waals surface area contributed by atoms with E-state index < -0.39 is 0 Å². The summed E-state index contributed by atoms with van der Waals surface area (Å²) in [6.07, 6.45) is 4.63. The van der Waals surface area contributed by atoms with Gasteiger partial charge in [0.05, 0.1) is 0 Å². The lowest BCUT2D eigenvalue weighted by Crippen LogP contribution is -2.32. The molecule has 1 N–H and O–H groups in total. The van der Waals surface area contributed by atoms with E-state index in [0.717, 1.165) is 55.8 Å². The van der Waals surface area contributed by atoms with E-state index in [0.29, 0.717) is 18.5 Å². The molecule has 5 rings (SSSR count). The average Bonchev–Trinajstić information content (AvgIpc) is 3.36. The molecule has 0 aromatic heterocycles. The summed E-state index contributed by atoms with van der Waals surface area (Å²) in [4.78, 5) is 29.2. The van der Waals surface area contributed by atoms with E-state index in [1.165, 1.54) is 16.7 Å². The molecule has 0 aliphatic carbocycles. The molecule has 3 aromatic carbocycles. The van der Waals surface area contributed by atoms with E-state index in [9.17, 15) is 9.59 Å². The molecule has 0 saturated heterocycles. The van der Waals surface area contributed by atoms with Crippen molar-refractivity contribution < 1.29 is 9.59 Å². The van der Waals surface area contributed by atoms with Gasteiger partial charge in [-0.05, 0) is 59.4 Å². The van der Waals surface area contributed by atoms with Crippen molar-refractivity contribution >= 4 is 17.5 Å². The Kier molecular flexibility index (Phi) is 7.28. The molecule has 0 bridgehead atoms. The predicted octanol–water partition coefficient (Wildman–Crippen LogP) is 5.21. The molecular formula is C31H33N3O2. The van der Waals surface area contributed by atoms with E-state index in [1.807, 2.05) is 48.2 Å². The minimum absolute atomic E-state index is 0.0446. The van der Waals surface area contributed by atoms with Crippen LogP contribution in [0.1, 0.15) is 41.3 Å². The van der Waals surface area contributed by atoms with Crippen LogP contribution in [0, 0.1) is 0 Å². The number of benzene rings is 3. The van der Waals surface area contributed by atoms with Gasteiger partial charge in [-0.3, -0.25) is 14.5 Å². The fourth-order valence-electron chi connectivity index (χ4n) is 5.04. The monoisotopic (exact) mass is 479 g/mol. The lowest BCUT2D eigenvalue weighted by atomic mass is 10.0. The van der Waals surface area contributed by atoms with Gasteiger partial charge in [0.15, 0.2) is 0 Å². The number of carbonyl (C=O) groups excluding carboxylic acids is 2.